The molecule has 1 amide bonds. The van der Waals surface area contributed by atoms with Crippen molar-refractivity contribution in [1.29, 1.82) is 0 Å². The van der Waals surface area contributed by atoms with Crippen LogP contribution in [0.25, 0.3) is 0 Å². The van der Waals surface area contributed by atoms with Crippen LogP contribution in [0.4, 0.5) is 0 Å². The first-order valence-electron chi connectivity index (χ1n) is 6.92. The van der Waals surface area contributed by atoms with Crippen LogP contribution in [-0.2, 0) is 9.59 Å². The summed E-state index contributed by atoms with van der Waals surface area (Å²) < 4.78 is 0. The molecule has 1 rings (SSSR count). The van der Waals surface area contributed by atoms with Crippen molar-refractivity contribution >= 4 is 11.9 Å². The van der Waals surface area contributed by atoms with Crippen molar-refractivity contribution in [3.63, 3.8) is 0 Å². The zero-order chi connectivity index (χ0) is 14.8. The quantitative estimate of drug-likeness (QED) is 0.813. The summed E-state index contributed by atoms with van der Waals surface area (Å²) in [6, 6.07) is -0.536. The van der Waals surface area contributed by atoms with Gasteiger partial charge in [0.25, 0.3) is 0 Å². The Bertz CT molecular complexity index is 352. The van der Waals surface area contributed by atoms with E-state index in [0.29, 0.717) is 32.4 Å². The van der Waals surface area contributed by atoms with Crippen LogP contribution in [0.1, 0.15) is 47.0 Å². The number of nitrogens with two attached hydrogens (primary N) is 1. The van der Waals surface area contributed by atoms with E-state index < -0.39 is 17.4 Å². The van der Waals surface area contributed by atoms with Gasteiger partial charge in [0.05, 0.1) is 11.5 Å². The standard InChI is InChI=1S/C14H26N2O3/c1-5-14(12(18)19)6-8-16(9-7-14)11(17)10(15)13(2,3)4/h10H,5-9,15H2,1-4H3,(H,18,19)/t10-/m1/s1. The van der Waals surface area contributed by atoms with Gasteiger partial charge in [-0.1, -0.05) is 27.7 Å². The maximum atomic E-state index is 12.3. The summed E-state index contributed by atoms with van der Waals surface area (Å²) >= 11 is 0. The molecule has 0 unspecified atom stereocenters. The third-order valence-electron chi connectivity index (χ3n) is 4.36. The lowest BCUT2D eigenvalue weighted by molar-refractivity contribution is -0.155. The topological polar surface area (TPSA) is 83.6 Å². The molecule has 1 aliphatic rings. The summed E-state index contributed by atoms with van der Waals surface area (Å²) in [5.74, 6) is -0.815. The highest BCUT2D eigenvalue weighted by molar-refractivity contribution is 5.83. The number of hydrogen-bond acceptors (Lipinski definition) is 3. The van der Waals surface area contributed by atoms with Gasteiger partial charge in [-0.15, -0.1) is 0 Å². The molecule has 0 aromatic carbocycles. The molecule has 1 fully saturated rings. The van der Waals surface area contributed by atoms with Crippen LogP contribution in [0, 0.1) is 10.8 Å². The molecule has 5 nitrogen and oxygen atoms in total. The number of carbonyl (C=O) groups excluding carboxylic acids is 1. The van der Waals surface area contributed by atoms with Gasteiger partial charge in [-0.25, -0.2) is 0 Å². The van der Waals surface area contributed by atoms with E-state index in [2.05, 4.69) is 0 Å². The Balaban J connectivity index is 2.69. The van der Waals surface area contributed by atoms with Crippen LogP contribution in [-0.4, -0.2) is 41.0 Å². The van der Waals surface area contributed by atoms with Gasteiger partial charge in [0, 0.05) is 13.1 Å². The van der Waals surface area contributed by atoms with Gasteiger partial charge in [0.1, 0.15) is 0 Å². The van der Waals surface area contributed by atoms with Gasteiger partial charge in [-0.2, -0.15) is 0 Å². The molecule has 0 radical (unpaired) electrons. The SMILES string of the molecule is CCC1(C(=O)O)CCN(C(=O)[C@@H](N)C(C)(C)C)CC1. The van der Waals surface area contributed by atoms with Gasteiger partial charge >= 0.3 is 5.97 Å². The highest BCUT2D eigenvalue weighted by atomic mass is 16.4. The van der Waals surface area contributed by atoms with E-state index in [1.807, 2.05) is 27.7 Å². The second-order valence-electron chi connectivity index (χ2n) is 6.61. The molecule has 0 bridgehead atoms. The molecule has 1 heterocycles. The van der Waals surface area contributed by atoms with Crippen molar-refractivity contribution in [2.45, 2.75) is 53.0 Å². The monoisotopic (exact) mass is 270 g/mol. The highest BCUT2D eigenvalue weighted by Crippen LogP contribution is 2.35. The zero-order valence-electron chi connectivity index (χ0n) is 12.4. The summed E-state index contributed by atoms with van der Waals surface area (Å²) in [4.78, 5) is 25.3. The normalized spacial score (nSPS) is 21.0. The lowest BCUT2D eigenvalue weighted by Crippen LogP contribution is -2.54. The summed E-state index contributed by atoms with van der Waals surface area (Å²) in [5.41, 5.74) is 5.04. The van der Waals surface area contributed by atoms with Crippen LogP contribution in [0.2, 0.25) is 0 Å². The van der Waals surface area contributed by atoms with Crippen LogP contribution in [0.3, 0.4) is 0 Å². The van der Waals surface area contributed by atoms with E-state index in [-0.39, 0.29) is 11.3 Å². The van der Waals surface area contributed by atoms with E-state index in [1.54, 1.807) is 4.90 Å². The van der Waals surface area contributed by atoms with Crippen molar-refractivity contribution in [2.24, 2.45) is 16.6 Å². The number of carboxylic acids is 1. The van der Waals surface area contributed by atoms with Gasteiger partial charge in [0.15, 0.2) is 0 Å². The van der Waals surface area contributed by atoms with Crippen molar-refractivity contribution in [2.75, 3.05) is 13.1 Å². The molecular weight excluding hydrogens is 244 g/mol. The summed E-state index contributed by atoms with van der Waals surface area (Å²) in [5, 5.41) is 9.32. The maximum absolute atomic E-state index is 12.3. The smallest absolute Gasteiger partial charge is 0.309 e. The Morgan fingerprint density at radius 3 is 2.11 bits per heavy atom. The Morgan fingerprint density at radius 2 is 1.79 bits per heavy atom. The van der Waals surface area contributed by atoms with E-state index >= 15 is 0 Å². The number of hydrogen-bond donors (Lipinski definition) is 2. The lowest BCUT2D eigenvalue weighted by atomic mass is 9.76. The Kier molecular flexibility index (Phi) is 4.61. The zero-order valence-corrected chi connectivity index (χ0v) is 12.4. The number of nitrogens with zero attached hydrogens (tertiary/aromatic N) is 1. The summed E-state index contributed by atoms with van der Waals surface area (Å²) in [6.07, 6.45) is 1.64. The molecule has 0 spiro atoms. The molecule has 1 aliphatic heterocycles. The molecule has 0 aromatic rings. The van der Waals surface area contributed by atoms with E-state index in [4.69, 9.17) is 5.73 Å². The van der Waals surface area contributed by atoms with Crippen molar-refractivity contribution < 1.29 is 14.7 Å². The number of piperidine rings is 1. The number of carbonyl (C=O) groups is 2. The fourth-order valence-electron chi connectivity index (χ4n) is 2.44. The average Bonchev–Trinajstić information content (AvgIpc) is 2.35. The molecule has 19 heavy (non-hydrogen) atoms. The second-order valence-corrected chi connectivity index (χ2v) is 6.61. The lowest BCUT2D eigenvalue weighted by Gasteiger charge is -2.40. The minimum Gasteiger partial charge on any atom is -0.481 e. The van der Waals surface area contributed by atoms with Gasteiger partial charge in [0.2, 0.25) is 5.91 Å². The number of likely N-dealkylation sites (tertiary alicyclic amines) is 1. The van der Waals surface area contributed by atoms with Crippen molar-refractivity contribution in [3.8, 4) is 0 Å². The molecule has 1 saturated heterocycles. The van der Waals surface area contributed by atoms with Crippen LogP contribution >= 0.6 is 0 Å². The Hall–Kier alpha value is -1.10. The first-order valence-corrected chi connectivity index (χ1v) is 6.92. The molecule has 0 saturated carbocycles. The first kappa shape index (κ1) is 16.0. The molecule has 0 aromatic heterocycles. The maximum Gasteiger partial charge on any atom is 0.309 e. The third kappa shape index (κ3) is 3.26. The molecule has 1 atom stereocenters. The minimum absolute atomic E-state index is 0.0670. The molecule has 110 valence electrons. The van der Waals surface area contributed by atoms with Crippen LogP contribution in [0.15, 0.2) is 0 Å². The summed E-state index contributed by atoms with van der Waals surface area (Å²) in [7, 11) is 0. The number of rotatable bonds is 3. The van der Waals surface area contributed by atoms with E-state index in [0.717, 1.165) is 0 Å². The highest BCUT2D eigenvalue weighted by Gasteiger charge is 2.42. The fraction of sp³-hybridized carbons (Fsp3) is 0.857. The van der Waals surface area contributed by atoms with Gasteiger partial charge in [-0.3, -0.25) is 9.59 Å². The van der Waals surface area contributed by atoms with Crippen molar-refractivity contribution in [3.05, 3.63) is 0 Å². The Morgan fingerprint density at radius 1 is 1.32 bits per heavy atom. The molecule has 3 N–H and O–H groups in total. The summed E-state index contributed by atoms with van der Waals surface area (Å²) in [6.45, 7) is 8.69. The molecule has 5 heteroatoms. The van der Waals surface area contributed by atoms with Gasteiger partial charge in [-0.05, 0) is 24.7 Å². The fourth-order valence-corrected chi connectivity index (χ4v) is 2.44. The largest absolute Gasteiger partial charge is 0.481 e. The first-order chi connectivity index (χ1) is 8.64. The van der Waals surface area contributed by atoms with Gasteiger partial charge < -0.3 is 15.7 Å². The molecule has 0 aliphatic carbocycles. The number of amides is 1. The van der Waals surface area contributed by atoms with E-state index in [1.165, 1.54) is 0 Å². The third-order valence-corrected chi connectivity index (χ3v) is 4.36. The van der Waals surface area contributed by atoms with E-state index in [9.17, 15) is 14.7 Å². The van der Waals surface area contributed by atoms with Crippen LogP contribution in [0.5, 0.6) is 0 Å². The number of aliphatic carboxylic acids is 1. The second kappa shape index (κ2) is 5.49. The Labute approximate surface area is 115 Å². The average molecular weight is 270 g/mol. The molecular formula is C14H26N2O3. The van der Waals surface area contributed by atoms with Crippen molar-refractivity contribution in [1.82, 2.24) is 4.90 Å². The predicted molar refractivity (Wildman–Crippen MR) is 73.6 cm³/mol. The minimum atomic E-state index is -0.748. The van der Waals surface area contributed by atoms with Crippen LogP contribution < -0.4 is 5.73 Å². The number of carboxylic acid groups (broad SMARTS) is 1. The predicted octanol–water partition coefficient (Wildman–Crippen LogP) is 1.46.